The zero-order valence-corrected chi connectivity index (χ0v) is 13.3. The molecule has 3 heteroatoms. The van der Waals surface area contributed by atoms with Crippen LogP contribution in [-0.2, 0) is 17.9 Å². The van der Waals surface area contributed by atoms with E-state index in [-0.39, 0.29) is 0 Å². The van der Waals surface area contributed by atoms with Crippen LogP contribution in [0.5, 0.6) is 0 Å². The van der Waals surface area contributed by atoms with Gasteiger partial charge in [-0.25, -0.2) is 0 Å². The van der Waals surface area contributed by atoms with Crippen molar-refractivity contribution in [1.82, 2.24) is 5.32 Å². The van der Waals surface area contributed by atoms with E-state index in [0.717, 1.165) is 25.7 Å². The van der Waals surface area contributed by atoms with Crippen LogP contribution in [0.1, 0.15) is 54.8 Å². The minimum atomic E-state index is 0.546. The van der Waals surface area contributed by atoms with E-state index >= 15 is 0 Å². The fourth-order valence-electron chi connectivity index (χ4n) is 2.64. The van der Waals surface area contributed by atoms with E-state index in [9.17, 15) is 0 Å². The molecule has 1 saturated carbocycles. The fraction of sp³-hybridized carbons (Fsp3) is 0.750. The molecule has 108 valence electrons. The maximum absolute atomic E-state index is 5.91. The molecule has 0 unspecified atom stereocenters. The summed E-state index contributed by atoms with van der Waals surface area (Å²) in [5, 5.41) is 3.47. The molecule has 1 heterocycles. The van der Waals surface area contributed by atoms with E-state index in [1.54, 1.807) is 0 Å². The van der Waals surface area contributed by atoms with Gasteiger partial charge in [0.05, 0.1) is 6.61 Å². The second kappa shape index (κ2) is 7.41. The van der Waals surface area contributed by atoms with Gasteiger partial charge in [0.1, 0.15) is 0 Å². The van der Waals surface area contributed by atoms with Crippen LogP contribution in [0.3, 0.4) is 0 Å². The SMILES string of the molecule is Cc1sc(CNC(C)C)cc1COCC1CCCC1. The molecule has 1 fully saturated rings. The summed E-state index contributed by atoms with van der Waals surface area (Å²) in [7, 11) is 0. The third-order valence-electron chi connectivity index (χ3n) is 3.84. The molecular weight excluding hydrogens is 254 g/mol. The van der Waals surface area contributed by atoms with Crippen molar-refractivity contribution in [2.24, 2.45) is 5.92 Å². The highest BCUT2D eigenvalue weighted by Crippen LogP contribution is 2.26. The number of ether oxygens (including phenoxy) is 1. The lowest BCUT2D eigenvalue weighted by atomic mass is 10.1. The second-order valence-electron chi connectivity index (χ2n) is 6.00. The highest BCUT2D eigenvalue weighted by Gasteiger charge is 2.15. The smallest absolute Gasteiger partial charge is 0.0727 e. The van der Waals surface area contributed by atoms with Crippen molar-refractivity contribution in [1.29, 1.82) is 0 Å². The van der Waals surface area contributed by atoms with Crippen LogP contribution in [0.15, 0.2) is 6.07 Å². The van der Waals surface area contributed by atoms with Crippen molar-refractivity contribution in [2.45, 2.75) is 65.6 Å². The molecule has 1 aromatic heterocycles. The summed E-state index contributed by atoms with van der Waals surface area (Å²) in [6.45, 7) is 9.30. The van der Waals surface area contributed by atoms with Gasteiger partial charge in [0.2, 0.25) is 0 Å². The maximum atomic E-state index is 5.91. The van der Waals surface area contributed by atoms with Gasteiger partial charge in [0.25, 0.3) is 0 Å². The standard InChI is InChI=1S/C16H27NOS/c1-12(2)17-9-16-8-15(13(3)19-16)11-18-10-14-6-4-5-7-14/h8,12,14,17H,4-7,9-11H2,1-3H3. The number of nitrogens with one attached hydrogen (secondary N) is 1. The van der Waals surface area contributed by atoms with Crippen molar-refractivity contribution in [2.75, 3.05) is 6.61 Å². The lowest BCUT2D eigenvalue weighted by molar-refractivity contribution is 0.0888. The molecule has 2 nitrogen and oxygen atoms in total. The summed E-state index contributed by atoms with van der Waals surface area (Å²) in [4.78, 5) is 2.83. The molecule has 0 spiro atoms. The molecule has 0 bridgehead atoms. The van der Waals surface area contributed by atoms with Crippen molar-refractivity contribution in [3.05, 3.63) is 21.4 Å². The first kappa shape index (κ1) is 15.0. The first-order valence-electron chi connectivity index (χ1n) is 7.54. The summed E-state index contributed by atoms with van der Waals surface area (Å²) in [6.07, 6.45) is 5.53. The van der Waals surface area contributed by atoms with Crippen molar-refractivity contribution in [3.63, 3.8) is 0 Å². The Morgan fingerprint density at radius 3 is 2.79 bits per heavy atom. The highest BCUT2D eigenvalue weighted by molar-refractivity contribution is 7.12. The predicted molar refractivity (Wildman–Crippen MR) is 82.6 cm³/mol. The van der Waals surface area contributed by atoms with Gasteiger partial charge >= 0.3 is 0 Å². The third-order valence-corrected chi connectivity index (χ3v) is 4.93. The largest absolute Gasteiger partial charge is 0.376 e. The Bertz CT molecular complexity index is 380. The molecule has 1 aliphatic rings. The minimum Gasteiger partial charge on any atom is -0.376 e. The average molecular weight is 281 g/mol. The van der Waals surface area contributed by atoms with Crippen molar-refractivity contribution < 1.29 is 4.74 Å². The Hall–Kier alpha value is -0.380. The Balaban J connectivity index is 1.76. The molecule has 0 atom stereocenters. The summed E-state index contributed by atoms with van der Waals surface area (Å²) < 4.78 is 5.91. The predicted octanol–water partition coefficient (Wildman–Crippen LogP) is 4.26. The monoisotopic (exact) mass is 281 g/mol. The molecule has 0 amide bonds. The second-order valence-corrected chi connectivity index (χ2v) is 7.34. The lowest BCUT2D eigenvalue weighted by Crippen LogP contribution is -2.21. The Morgan fingerprint density at radius 1 is 1.37 bits per heavy atom. The molecule has 1 aliphatic carbocycles. The van der Waals surface area contributed by atoms with Gasteiger partial charge in [-0.1, -0.05) is 26.7 Å². The highest BCUT2D eigenvalue weighted by atomic mass is 32.1. The quantitative estimate of drug-likeness (QED) is 0.806. The van der Waals surface area contributed by atoms with Gasteiger partial charge in [-0.15, -0.1) is 11.3 Å². The van der Waals surface area contributed by atoms with Crippen molar-refractivity contribution >= 4 is 11.3 Å². The number of hydrogen-bond donors (Lipinski definition) is 1. The van der Waals surface area contributed by atoms with Crippen LogP contribution < -0.4 is 5.32 Å². The molecule has 0 saturated heterocycles. The molecule has 19 heavy (non-hydrogen) atoms. The summed E-state index contributed by atoms with van der Waals surface area (Å²) in [5.41, 5.74) is 1.38. The van der Waals surface area contributed by atoms with E-state index in [4.69, 9.17) is 4.74 Å². The molecule has 2 rings (SSSR count). The Morgan fingerprint density at radius 2 is 2.11 bits per heavy atom. The first-order chi connectivity index (χ1) is 9.15. The number of hydrogen-bond acceptors (Lipinski definition) is 3. The van der Waals surface area contributed by atoms with Gasteiger partial charge in [-0.3, -0.25) is 0 Å². The van der Waals surface area contributed by atoms with E-state index in [1.807, 2.05) is 11.3 Å². The van der Waals surface area contributed by atoms with Crippen LogP contribution in [0, 0.1) is 12.8 Å². The Kier molecular flexibility index (Phi) is 5.86. The molecule has 0 aromatic carbocycles. The molecule has 0 aliphatic heterocycles. The summed E-state index contributed by atoms with van der Waals surface area (Å²) in [6, 6.07) is 2.86. The first-order valence-corrected chi connectivity index (χ1v) is 8.36. The molecule has 1 aromatic rings. The van der Waals surface area contributed by atoms with E-state index in [0.29, 0.717) is 6.04 Å². The van der Waals surface area contributed by atoms with Crippen LogP contribution in [0.2, 0.25) is 0 Å². The number of thiophene rings is 1. The van der Waals surface area contributed by atoms with Crippen LogP contribution >= 0.6 is 11.3 Å². The summed E-state index contributed by atoms with van der Waals surface area (Å²) >= 11 is 1.90. The van der Waals surface area contributed by atoms with Crippen LogP contribution in [0.25, 0.3) is 0 Å². The number of rotatable bonds is 7. The fourth-order valence-corrected chi connectivity index (χ4v) is 3.63. The molecular formula is C16H27NOS. The topological polar surface area (TPSA) is 21.3 Å². The minimum absolute atomic E-state index is 0.546. The zero-order chi connectivity index (χ0) is 13.7. The maximum Gasteiger partial charge on any atom is 0.0727 e. The van der Waals surface area contributed by atoms with Gasteiger partial charge in [-0.05, 0) is 37.3 Å². The molecule has 0 radical (unpaired) electrons. The van der Waals surface area contributed by atoms with E-state index in [1.165, 1.54) is 41.0 Å². The van der Waals surface area contributed by atoms with Crippen LogP contribution in [0.4, 0.5) is 0 Å². The Labute approximate surface area is 121 Å². The number of aryl methyl sites for hydroxylation is 1. The normalized spacial score (nSPS) is 16.6. The van der Waals surface area contributed by atoms with Gasteiger partial charge in [0.15, 0.2) is 0 Å². The van der Waals surface area contributed by atoms with Gasteiger partial charge in [0, 0.05) is 28.9 Å². The third kappa shape index (κ3) is 4.90. The van der Waals surface area contributed by atoms with Crippen molar-refractivity contribution in [3.8, 4) is 0 Å². The van der Waals surface area contributed by atoms with E-state index < -0.39 is 0 Å². The zero-order valence-electron chi connectivity index (χ0n) is 12.5. The van der Waals surface area contributed by atoms with Gasteiger partial charge < -0.3 is 10.1 Å². The average Bonchev–Trinajstić information content (AvgIpc) is 2.98. The van der Waals surface area contributed by atoms with Gasteiger partial charge in [-0.2, -0.15) is 0 Å². The van der Waals surface area contributed by atoms with Crippen LogP contribution in [-0.4, -0.2) is 12.6 Å². The molecule has 1 N–H and O–H groups in total. The van der Waals surface area contributed by atoms with E-state index in [2.05, 4.69) is 32.2 Å². The lowest BCUT2D eigenvalue weighted by Gasteiger charge is -2.09. The summed E-state index contributed by atoms with van der Waals surface area (Å²) in [5.74, 6) is 0.820.